The average molecular weight is 375 g/mol. The van der Waals surface area contributed by atoms with Crippen molar-refractivity contribution >= 4 is 32.8 Å². The number of halogens is 1. The lowest BCUT2D eigenvalue weighted by atomic mass is 10.0. The second-order valence-corrected chi connectivity index (χ2v) is 5.71. The third-order valence-corrected chi connectivity index (χ3v) is 4.14. The minimum absolute atomic E-state index is 0.182. The minimum atomic E-state index is -1.35. The van der Waals surface area contributed by atoms with E-state index in [4.69, 9.17) is 5.11 Å². The predicted molar refractivity (Wildman–Crippen MR) is 88.7 cm³/mol. The van der Waals surface area contributed by atoms with E-state index in [1.807, 2.05) is 6.07 Å². The molecule has 0 aliphatic carbocycles. The molecule has 3 aromatic rings. The molecule has 0 spiro atoms. The third-order valence-electron chi connectivity index (χ3n) is 3.59. The summed E-state index contributed by atoms with van der Waals surface area (Å²) in [6.45, 7) is 0. The van der Waals surface area contributed by atoms with Gasteiger partial charge in [-0.1, -0.05) is 30.3 Å². The number of fused-ring (bicyclic) bond motifs is 1. The zero-order valence-corrected chi connectivity index (χ0v) is 13.5. The first-order chi connectivity index (χ1) is 10.9. The maximum absolute atomic E-state index is 12.6. The Hall–Kier alpha value is -2.67. The van der Waals surface area contributed by atoms with Crippen LogP contribution >= 0.6 is 15.9 Å². The molecule has 0 atom stereocenters. The average Bonchev–Trinajstić information content (AvgIpc) is 2.53. The van der Waals surface area contributed by atoms with Gasteiger partial charge in [0.25, 0.3) is 5.56 Å². The first kappa shape index (κ1) is 15.2. The molecule has 0 fully saturated rings. The van der Waals surface area contributed by atoms with Gasteiger partial charge < -0.3 is 14.8 Å². The number of carboxylic acids is 1. The number of pyridine rings is 2. The van der Waals surface area contributed by atoms with Gasteiger partial charge in [-0.2, -0.15) is 0 Å². The molecule has 1 aromatic carbocycles. The summed E-state index contributed by atoms with van der Waals surface area (Å²) in [6, 6.07) is 10.5. The van der Waals surface area contributed by atoms with E-state index in [1.54, 1.807) is 31.3 Å². The summed E-state index contributed by atoms with van der Waals surface area (Å²) in [5, 5.41) is 19.6. The van der Waals surface area contributed by atoms with Crippen LogP contribution in [0.3, 0.4) is 0 Å². The van der Waals surface area contributed by atoms with E-state index in [9.17, 15) is 14.7 Å². The van der Waals surface area contributed by atoms with E-state index >= 15 is 0 Å². The number of aryl methyl sites for hydroxylation is 1. The summed E-state index contributed by atoms with van der Waals surface area (Å²) in [5.74, 6) is -1.82. The van der Waals surface area contributed by atoms with Gasteiger partial charge in [0.05, 0.1) is 5.52 Å². The Kier molecular flexibility index (Phi) is 3.65. The highest BCUT2D eigenvalue weighted by atomic mass is 79.9. The minimum Gasteiger partial charge on any atom is -0.505 e. The normalized spacial score (nSPS) is 10.9. The maximum Gasteiger partial charge on any atom is 0.358 e. The Bertz CT molecular complexity index is 997. The molecule has 0 saturated carbocycles. The lowest BCUT2D eigenvalue weighted by molar-refractivity contribution is 0.0687. The lowest BCUT2D eigenvalue weighted by Gasteiger charge is -2.12. The van der Waals surface area contributed by atoms with Crippen LogP contribution in [0, 0.1) is 0 Å². The van der Waals surface area contributed by atoms with Crippen molar-refractivity contribution in [1.82, 2.24) is 9.55 Å². The van der Waals surface area contributed by atoms with E-state index < -0.39 is 17.4 Å². The summed E-state index contributed by atoms with van der Waals surface area (Å²) in [7, 11) is 1.55. The van der Waals surface area contributed by atoms with Crippen molar-refractivity contribution in [3.63, 3.8) is 0 Å². The Morgan fingerprint density at radius 1 is 1.26 bits per heavy atom. The molecule has 3 rings (SSSR count). The first-order valence-electron chi connectivity index (χ1n) is 6.62. The molecule has 2 heterocycles. The van der Waals surface area contributed by atoms with Crippen LogP contribution in [-0.2, 0) is 7.05 Å². The van der Waals surface area contributed by atoms with Crippen LogP contribution in [-0.4, -0.2) is 25.7 Å². The van der Waals surface area contributed by atoms with Crippen LogP contribution in [0.25, 0.3) is 22.0 Å². The molecular formula is C16H11BrN2O4. The van der Waals surface area contributed by atoms with Gasteiger partial charge in [0.1, 0.15) is 4.60 Å². The number of aromatic hydroxyl groups is 1. The standard InChI is InChI=1S/C16H11BrN2O4/c1-19-12-10(13(20)11(16(22)23)18-14(12)17)7-9(15(19)21)8-5-3-2-4-6-8/h2-7,20H,1H3,(H,22,23). The molecule has 0 aliphatic heterocycles. The number of nitrogens with zero attached hydrogens (tertiary/aromatic N) is 2. The molecule has 6 nitrogen and oxygen atoms in total. The van der Waals surface area contributed by atoms with Crippen molar-refractivity contribution < 1.29 is 15.0 Å². The van der Waals surface area contributed by atoms with Crippen molar-refractivity contribution in [2.45, 2.75) is 0 Å². The quantitative estimate of drug-likeness (QED) is 0.672. The summed E-state index contributed by atoms with van der Waals surface area (Å²) in [4.78, 5) is 27.6. The number of hydrogen-bond acceptors (Lipinski definition) is 4. The molecule has 116 valence electrons. The molecule has 0 bridgehead atoms. The number of carbonyl (C=O) groups is 1. The highest BCUT2D eigenvalue weighted by Gasteiger charge is 2.21. The number of hydrogen-bond donors (Lipinski definition) is 2. The molecule has 0 amide bonds. The highest BCUT2D eigenvalue weighted by Crippen LogP contribution is 2.33. The van der Waals surface area contributed by atoms with Crippen LogP contribution in [0.4, 0.5) is 0 Å². The van der Waals surface area contributed by atoms with Gasteiger partial charge in [0.15, 0.2) is 11.4 Å². The zero-order chi connectivity index (χ0) is 16.7. The maximum atomic E-state index is 12.6. The van der Waals surface area contributed by atoms with Crippen molar-refractivity contribution in [2.75, 3.05) is 0 Å². The van der Waals surface area contributed by atoms with Crippen LogP contribution in [0.2, 0.25) is 0 Å². The Labute approximate surface area is 138 Å². The fourth-order valence-corrected chi connectivity index (χ4v) is 3.13. The molecule has 23 heavy (non-hydrogen) atoms. The molecule has 0 unspecified atom stereocenters. The van der Waals surface area contributed by atoms with Crippen molar-refractivity contribution in [3.8, 4) is 16.9 Å². The second-order valence-electron chi connectivity index (χ2n) is 4.96. The molecule has 2 N–H and O–H groups in total. The molecule has 2 aromatic heterocycles. The van der Waals surface area contributed by atoms with E-state index in [2.05, 4.69) is 20.9 Å². The molecule has 0 aliphatic rings. The van der Waals surface area contributed by atoms with Gasteiger partial charge >= 0.3 is 5.97 Å². The van der Waals surface area contributed by atoms with Gasteiger partial charge in [0.2, 0.25) is 0 Å². The van der Waals surface area contributed by atoms with Gasteiger partial charge in [-0.15, -0.1) is 0 Å². The topological polar surface area (TPSA) is 92.4 Å². The van der Waals surface area contributed by atoms with Crippen molar-refractivity contribution in [3.05, 3.63) is 57.0 Å². The number of aromatic nitrogens is 2. The first-order valence-corrected chi connectivity index (χ1v) is 7.42. The van der Waals surface area contributed by atoms with Crippen LogP contribution < -0.4 is 5.56 Å². The fourth-order valence-electron chi connectivity index (χ4n) is 2.47. The van der Waals surface area contributed by atoms with Gasteiger partial charge in [0, 0.05) is 18.0 Å². The predicted octanol–water partition coefficient (Wildman–Crippen LogP) is 2.77. The summed E-state index contributed by atoms with van der Waals surface area (Å²) in [6.07, 6.45) is 0. The fraction of sp³-hybridized carbons (Fsp3) is 0.0625. The highest BCUT2D eigenvalue weighted by molar-refractivity contribution is 9.10. The van der Waals surface area contributed by atoms with Crippen molar-refractivity contribution in [1.29, 1.82) is 0 Å². The Morgan fingerprint density at radius 3 is 2.52 bits per heavy atom. The van der Waals surface area contributed by atoms with E-state index in [-0.39, 0.29) is 15.5 Å². The van der Waals surface area contributed by atoms with E-state index in [0.29, 0.717) is 16.6 Å². The SMILES string of the molecule is Cn1c(=O)c(-c2ccccc2)cc2c(O)c(C(=O)O)nc(Br)c21. The van der Waals surface area contributed by atoms with E-state index in [1.165, 1.54) is 10.6 Å². The second kappa shape index (κ2) is 5.51. The number of benzene rings is 1. The molecule has 7 heteroatoms. The number of rotatable bonds is 2. The summed E-state index contributed by atoms with van der Waals surface area (Å²) >= 11 is 3.17. The van der Waals surface area contributed by atoms with Crippen LogP contribution in [0.1, 0.15) is 10.5 Å². The molecule has 0 saturated heterocycles. The van der Waals surface area contributed by atoms with Gasteiger partial charge in [-0.3, -0.25) is 4.79 Å². The number of aromatic carboxylic acids is 1. The van der Waals surface area contributed by atoms with Gasteiger partial charge in [-0.25, -0.2) is 9.78 Å². The monoisotopic (exact) mass is 374 g/mol. The third kappa shape index (κ3) is 2.39. The van der Waals surface area contributed by atoms with E-state index in [0.717, 1.165) is 0 Å². The smallest absolute Gasteiger partial charge is 0.358 e. The molecule has 0 radical (unpaired) electrons. The lowest BCUT2D eigenvalue weighted by Crippen LogP contribution is -2.20. The Balaban J connectivity index is 2.48. The summed E-state index contributed by atoms with van der Waals surface area (Å²) < 4.78 is 1.52. The number of carboxylic acid groups (broad SMARTS) is 1. The van der Waals surface area contributed by atoms with Gasteiger partial charge in [-0.05, 0) is 27.6 Å². The summed E-state index contributed by atoms with van der Waals surface area (Å²) in [5.41, 5.74) is 0.637. The van der Waals surface area contributed by atoms with Crippen molar-refractivity contribution in [2.24, 2.45) is 7.05 Å². The van der Waals surface area contributed by atoms with Crippen LogP contribution in [0.15, 0.2) is 45.8 Å². The van der Waals surface area contributed by atoms with Crippen LogP contribution in [0.5, 0.6) is 5.75 Å². The zero-order valence-electron chi connectivity index (χ0n) is 11.9. The Morgan fingerprint density at radius 2 is 1.91 bits per heavy atom. The molecular weight excluding hydrogens is 364 g/mol. The largest absolute Gasteiger partial charge is 0.505 e.